The number of primary amides is 1. The van der Waals surface area contributed by atoms with E-state index in [9.17, 15) is 14.4 Å². The van der Waals surface area contributed by atoms with Gasteiger partial charge in [0.15, 0.2) is 5.16 Å². The maximum atomic E-state index is 12.7. The van der Waals surface area contributed by atoms with Crippen LogP contribution in [0.25, 0.3) is 10.9 Å². The lowest BCUT2D eigenvalue weighted by Gasteiger charge is -2.14. The molecular formula is C15H17ClN4O3S. The third-order valence-corrected chi connectivity index (χ3v) is 4.24. The lowest BCUT2D eigenvalue weighted by molar-refractivity contribution is -0.117. The number of urea groups is 1. The zero-order valence-electron chi connectivity index (χ0n) is 13.2. The van der Waals surface area contributed by atoms with Gasteiger partial charge < -0.3 is 5.73 Å². The Bertz CT molecular complexity index is 850. The van der Waals surface area contributed by atoms with Crippen molar-refractivity contribution in [2.45, 2.75) is 25.5 Å². The van der Waals surface area contributed by atoms with Crippen molar-refractivity contribution in [2.24, 2.45) is 11.7 Å². The quantitative estimate of drug-likeness (QED) is 0.620. The number of nitrogens with two attached hydrogens (primary N) is 1. The first-order chi connectivity index (χ1) is 11.3. The van der Waals surface area contributed by atoms with Gasteiger partial charge in [0.2, 0.25) is 5.91 Å². The summed E-state index contributed by atoms with van der Waals surface area (Å²) >= 11 is 7.02. The van der Waals surface area contributed by atoms with Gasteiger partial charge in [-0.05, 0) is 24.1 Å². The normalized spacial score (nSPS) is 11.0. The predicted octanol–water partition coefficient (Wildman–Crippen LogP) is 1.99. The standard InChI is InChI=1S/C15H17ClN4O3S/c1-8(2)6-20-13(22)10-4-3-9(16)5-11(10)18-15(20)24-7-12(21)19-14(17)23/h3-5,8H,6-7H2,1-2H3,(H3,17,19,21,23). The topological polar surface area (TPSA) is 107 Å². The lowest BCUT2D eigenvalue weighted by Crippen LogP contribution is -2.36. The molecular weight excluding hydrogens is 352 g/mol. The molecule has 24 heavy (non-hydrogen) atoms. The van der Waals surface area contributed by atoms with E-state index in [1.807, 2.05) is 19.2 Å². The van der Waals surface area contributed by atoms with Crippen molar-refractivity contribution < 1.29 is 9.59 Å². The van der Waals surface area contributed by atoms with E-state index >= 15 is 0 Å². The van der Waals surface area contributed by atoms with E-state index in [1.54, 1.807) is 18.2 Å². The Kier molecular flexibility index (Phi) is 5.84. The summed E-state index contributed by atoms with van der Waals surface area (Å²) in [5, 5.41) is 3.30. The number of hydrogen-bond acceptors (Lipinski definition) is 5. The van der Waals surface area contributed by atoms with E-state index in [4.69, 9.17) is 17.3 Å². The summed E-state index contributed by atoms with van der Waals surface area (Å²) in [6.07, 6.45) is 0. The minimum absolute atomic E-state index is 0.0838. The van der Waals surface area contributed by atoms with Crippen molar-refractivity contribution in [3.8, 4) is 0 Å². The van der Waals surface area contributed by atoms with Gasteiger partial charge in [0.1, 0.15) is 0 Å². The van der Waals surface area contributed by atoms with Crippen LogP contribution in [0.4, 0.5) is 4.79 Å². The fraction of sp³-hybridized carbons (Fsp3) is 0.333. The molecule has 0 saturated carbocycles. The summed E-state index contributed by atoms with van der Waals surface area (Å²) in [7, 11) is 0. The van der Waals surface area contributed by atoms with Crippen LogP contribution >= 0.6 is 23.4 Å². The molecule has 3 N–H and O–H groups in total. The minimum atomic E-state index is -0.918. The second kappa shape index (κ2) is 7.67. The highest BCUT2D eigenvalue weighted by molar-refractivity contribution is 7.99. The Labute approximate surface area is 147 Å². The van der Waals surface area contributed by atoms with Crippen LogP contribution in [-0.2, 0) is 11.3 Å². The SMILES string of the molecule is CC(C)Cn1c(SCC(=O)NC(N)=O)nc2cc(Cl)ccc2c1=O. The van der Waals surface area contributed by atoms with Crippen molar-refractivity contribution in [1.82, 2.24) is 14.9 Å². The van der Waals surface area contributed by atoms with Crippen LogP contribution in [0.5, 0.6) is 0 Å². The number of thioether (sulfide) groups is 1. The molecule has 0 bridgehead atoms. The summed E-state index contributed by atoms with van der Waals surface area (Å²) < 4.78 is 1.53. The van der Waals surface area contributed by atoms with Gasteiger partial charge in [-0.3, -0.25) is 19.5 Å². The highest BCUT2D eigenvalue weighted by Gasteiger charge is 2.15. The molecule has 9 heteroatoms. The molecule has 0 aliphatic heterocycles. The second-order valence-electron chi connectivity index (χ2n) is 5.57. The summed E-state index contributed by atoms with van der Waals surface area (Å²) in [6.45, 7) is 4.42. The number of carbonyl (C=O) groups is 2. The summed E-state index contributed by atoms with van der Waals surface area (Å²) in [5.74, 6) is -0.420. The van der Waals surface area contributed by atoms with Crippen molar-refractivity contribution >= 4 is 46.2 Å². The molecule has 0 atom stereocenters. The van der Waals surface area contributed by atoms with Crippen molar-refractivity contribution in [3.05, 3.63) is 33.6 Å². The molecule has 0 spiro atoms. The van der Waals surface area contributed by atoms with E-state index in [0.717, 1.165) is 11.8 Å². The van der Waals surface area contributed by atoms with Crippen molar-refractivity contribution in [2.75, 3.05) is 5.75 Å². The molecule has 7 nitrogen and oxygen atoms in total. The maximum absolute atomic E-state index is 12.7. The van der Waals surface area contributed by atoms with Gasteiger partial charge in [0.25, 0.3) is 5.56 Å². The Morgan fingerprint density at radius 1 is 1.42 bits per heavy atom. The molecule has 0 saturated heterocycles. The fourth-order valence-corrected chi connectivity index (χ4v) is 3.09. The molecule has 1 aromatic carbocycles. The van der Waals surface area contributed by atoms with Gasteiger partial charge in [-0.15, -0.1) is 0 Å². The van der Waals surface area contributed by atoms with Gasteiger partial charge in [0.05, 0.1) is 16.7 Å². The first kappa shape index (κ1) is 18.3. The second-order valence-corrected chi connectivity index (χ2v) is 6.95. The van der Waals surface area contributed by atoms with Crippen LogP contribution < -0.4 is 16.6 Å². The number of imide groups is 1. The molecule has 1 heterocycles. The zero-order chi connectivity index (χ0) is 17.9. The molecule has 0 aliphatic carbocycles. The predicted molar refractivity (Wildman–Crippen MR) is 94.3 cm³/mol. The Morgan fingerprint density at radius 2 is 2.12 bits per heavy atom. The Hall–Kier alpha value is -2.06. The number of benzene rings is 1. The van der Waals surface area contributed by atoms with Crippen LogP contribution in [0.3, 0.4) is 0 Å². The fourth-order valence-electron chi connectivity index (χ4n) is 2.11. The molecule has 2 rings (SSSR count). The van der Waals surface area contributed by atoms with E-state index in [2.05, 4.69) is 4.98 Å². The number of hydrogen-bond donors (Lipinski definition) is 2. The average molecular weight is 369 g/mol. The van der Waals surface area contributed by atoms with E-state index in [-0.39, 0.29) is 17.2 Å². The van der Waals surface area contributed by atoms with Gasteiger partial charge in [-0.2, -0.15) is 0 Å². The first-order valence-electron chi connectivity index (χ1n) is 7.20. The van der Waals surface area contributed by atoms with Crippen LogP contribution in [0.2, 0.25) is 5.02 Å². The molecule has 0 unspecified atom stereocenters. The highest BCUT2D eigenvalue weighted by atomic mass is 35.5. The first-order valence-corrected chi connectivity index (χ1v) is 8.56. The molecule has 2 aromatic rings. The van der Waals surface area contributed by atoms with Gasteiger partial charge >= 0.3 is 6.03 Å². The summed E-state index contributed by atoms with van der Waals surface area (Å²) in [5.41, 5.74) is 5.18. The van der Waals surface area contributed by atoms with Gasteiger partial charge in [-0.25, -0.2) is 9.78 Å². The molecule has 0 fully saturated rings. The highest BCUT2D eigenvalue weighted by Crippen LogP contribution is 2.21. The van der Waals surface area contributed by atoms with Crippen LogP contribution in [-0.4, -0.2) is 27.2 Å². The molecule has 128 valence electrons. The smallest absolute Gasteiger partial charge is 0.318 e. The Morgan fingerprint density at radius 3 is 2.75 bits per heavy atom. The van der Waals surface area contributed by atoms with E-state index < -0.39 is 11.9 Å². The number of nitrogens with zero attached hydrogens (tertiary/aromatic N) is 2. The average Bonchev–Trinajstić information content (AvgIpc) is 2.47. The minimum Gasteiger partial charge on any atom is -0.351 e. The van der Waals surface area contributed by atoms with Crippen LogP contribution in [0.15, 0.2) is 28.2 Å². The summed E-state index contributed by atoms with van der Waals surface area (Å²) in [4.78, 5) is 39.4. The lowest BCUT2D eigenvalue weighted by atomic mass is 10.2. The maximum Gasteiger partial charge on any atom is 0.318 e. The number of amides is 3. The third-order valence-electron chi connectivity index (χ3n) is 3.03. The van der Waals surface area contributed by atoms with Gasteiger partial charge in [0, 0.05) is 11.6 Å². The monoisotopic (exact) mass is 368 g/mol. The number of halogens is 1. The zero-order valence-corrected chi connectivity index (χ0v) is 14.8. The largest absolute Gasteiger partial charge is 0.351 e. The van der Waals surface area contributed by atoms with Crippen molar-refractivity contribution in [1.29, 1.82) is 0 Å². The third kappa shape index (κ3) is 4.48. The summed E-state index contributed by atoms with van der Waals surface area (Å²) in [6, 6.07) is 3.96. The Balaban J connectivity index is 2.43. The van der Waals surface area contributed by atoms with Crippen LogP contribution in [0.1, 0.15) is 13.8 Å². The molecule has 3 amide bonds. The number of aromatic nitrogens is 2. The van der Waals surface area contributed by atoms with E-state index in [1.165, 1.54) is 4.57 Å². The number of carbonyl (C=O) groups excluding carboxylic acids is 2. The number of rotatable bonds is 5. The van der Waals surface area contributed by atoms with E-state index in [0.29, 0.717) is 27.6 Å². The molecule has 1 aromatic heterocycles. The number of fused-ring (bicyclic) bond motifs is 1. The van der Waals surface area contributed by atoms with Crippen LogP contribution in [0, 0.1) is 5.92 Å². The number of nitrogens with one attached hydrogen (secondary N) is 1. The van der Waals surface area contributed by atoms with Crippen molar-refractivity contribution in [3.63, 3.8) is 0 Å². The van der Waals surface area contributed by atoms with Gasteiger partial charge in [-0.1, -0.05) is 37.2 Å². The molecule has 0 radical (unpaired) electrons. The molecule has 0 aliphatic rings.